The van der Waals surface area contributed by atoms with Crippen LogP contribution in [0.5, 0.6) is 0 Å². The van der Waals surface area contributed by atoms with E-state index in [0.29, 0.717) is 29.1 Å². The van der Waals surface area contributed by atoms with E-state index in [1.54, 1.807) is 5.57 Å². The van der Waals surface area contributed by atoms with Crippen LogP contribution in [0.25, 0.3) is 0 Å². The van der Waals surface area contributed by atoms with Crippen molar-refractivity contribution in [2.45, 2.75) is 110 Å². The molecule has 3 saturated carbocycles. The van der Waals surface area contributed by atoms with Gasteiger partial charge in [-0.05, 0) is 107 Å². The number of ketones is 1. The Bertz CT molecular complexity index is 734. The second-order valence-corrected chi connectivity index (χ2v) is 22.1. The summed E-state index contributed by atoms with van der Waals surface area (Å²) in [6.45, 7) is 18.4. The van der Waals surface area contributed by atoms with Gasteiger partial charge in [0.05, 0.1) is 0 Å². The minimum Gasteiger partial charge on any atom is -0.414 e. The Balaban J connectivity index is 1.56. The molecule has 0 heterocycles. The minimum atomic E-state index is -1.72. The molecule has 0 aromatic carbocycles. The zero-order chi connectivity index (χ0) is 22.1. The molecule has 0 N–H and O–H groups in total. The molecule has 3 nitrogen and oxygen atoms in total. The van der Waals surface area contributed by atoms with Crippen LogP contribution in [0.1, 0.15) is 58.8 Å². The standard InChI is InChI=1S/C25H44O3Si2/c1-24-13-11-18(27-29(3,4)5)15-17(24)9-10-19-20(24)12-14-25(2)21(19)16-22(23(25)26)28-30(6,7)8/h9,18-22H,10-16H2,1-8H3/t18-,19+,20-,21-,22+,24-,25-/m0/s1. The zero-order valence-corrected chi connectivity index (χ0v) is 22.6. The Hall–Kier alpha value is -0.236. The highest BCUT2D eigenvalue weighted by Crippen LogP contribution is 2.64. The summed E-state index contributed by atoms with van der Waals surface area (Å²) in [6, 6.07) is 0. The molecule has 0 saturated heterocycles. The van der Waals surface area contributed by atoms with Gasteiger partial charge >= 0.3 is 0 Å². The van der Waals surface area contributed by atoms with Crippen LogP contribution >= 0.6 is 0 Å². The van der Waals surface area contributed by atoms with Crippen molar-refractivity contribution in [1.82, 2.24) is 0 Å². The van der Waals surface area contributed by atoms with Gasteiger partial charge in [0, 0.05) is 11.5 Å². The predicted molar refractivity (Wildman–Crippen MR) is 129 cm³/mol. The molecule has 0 bridgehead atoms. The number of hydrogen-bond acceptors (Lipinski definition) is 3. The van der Waals surface area contributed by atoms with E-state index in [9.17, 15) is 4.79 Å². The monoisotopic (exact) mass is 448 g/mol. The quantitative estimate of drug-likeness (QED) is 0.360. The molecule has 0 amide bonds. The van der Waals surface area contributed by atoms with Crippen LogP contribution in [0, 0.1) is 28.6 Å². The van der Waals surface area contributed by atoms with Crippen LogP contribution < -0.4 is 0 Å². The fourth-order valence-electron chi connectivity index (χ4n) is 7.52. The van der Waals surface area contributed by atoms with Gasteiger partial charge in [0.2, 0.25) is 0 Å². The molecule has 0 aromatic heterocycles. The first-order valence-electron chi connectivity index (χ1n) is 12.3. The van der Waals surface area contributed by atoms with E-state index in [0.717, 1.165) is 31.6 Å². The van der Waals surface area contributed by atoms with Crippen LogP contribution in [-0.4, -0.2) is 34.6 Å². The second kappa shape index (κ2) is 7.39. The summed E-state index contributed by atoms with van der Waals surface area (Å²) < 4.78 is 12.9. The third kappa shape index (κ3) is 3.97. The Morgan fingerprint density at radius 3 is 2.17 bits per heavy atom. The number of rotatable bonds is 4. The van der Waals surface area contributed by atoms with Gasteiger partial charge < -0.3 is 8.85 Å². The summed E-state index contributed by atoms with van der Waals surface area (Å²) in [5, 5.41) is 0. The summed E-state index contributed by atoms with van der Waals surface area (Å²) >= 11 is 0. The minimum absolute atomic E-state index is 0.149. The average Bonchev–Trinajstić information content (AvgIpc) is 2.84. The van der Waals surface area contributed by atoms with Crippen molar-refractivity contribution in [2.24, 2.45) is 28.6 Å². The highest BCUT2D eigenvalue weighted by atomic mass is 28.4. The van der Waals surface area contributed by atoms with Crippen molar-refractivity contribution in [3.63, 3.8) is 0 Å². The van der Waals surface area contributed by atoms with Crippen molar-refractivity contribution < 1.29 is 13.6 Å². The highest BCUT2D eigenvalue weighted by molar-refractivity contribution is 6.70. The number of Topliss-reactive ketones (excluding diaryl/α,β-unsaturated/α-hetero) is 1. The lowest BCUT2D eigenvalue weighted by molar-refractivity contribution is -0.136. The Morgan fingerprint density at radius 2 is 1.53 bits per heavy atom. The van der Waals surface area contributed by atoms with Crippen molar-refractivity contribution >= 4 is 22.4 Å². The van der Waals surface area contributed by atoms with Gasteiger partial charge in [0.1, 0.15) is 6.10 Å². The molecule has 3 fully saturated rings. The molecule has 4 aliphatic carbocycles. The van der Waals surface area contributed by atoms with Crippen molar-refractivity contribution in [3.05, 3.63) is 11.6 Å². The van der Waals surface area contributed by atoms with Crippen LogP contribution in [0.3, 0.4) is 0 Å². The molecule has 0 aliphatic heterocycles. The first-order valence-corrected chi connectivity index (χ1v) is 19.1. The van der Waals surface area contributed by atoms with E-state index in [1.807, 2.05) is 0 Å². The molecule has 5 heteroatoms. The van der Waals surface area contributed by atoms with Gasteiger partial charge in [-0.1, -0.05) is 25.5 Å². The van der Waals surface area contributed by atoms with E-state index < -0.39 is 16.6 Å². The van der Waals surface area contributed by atoms with Gasteiger partial charge in [-0.15, -0.1) is 0 Å². The maximum Gasteiger partial charge on any atom is 0.184 e. The highest BCUT2D eigenvalue weighted by Gasteiger charge is 2.61. The number of carbonyl (C=O) groups excluding carboxylic acids is 1. The maximum atomic E-state index is 13.4. The lowest BCUT2D eigenvalue weighted by atomic mass is 9.48. The molecule has 0 radical (unpaired) electrons. The molecule has 30 heavy (non-hydrogen) atoms. The molecule has 7 atom stereocenters. The first-order chi connectivity index (χ1) is 13.7. The fourth-order valence-corrected chi connectivity index (χ4v) is 9.78. The Kier molecular flexibility index (Phi) is 5.65. The van der Waals surface area contributed by atoms with E-state index in [-0.39, 0.29) is 11.5 Å². The van der Waals surface area contributed by atoms with Crippen LogP contribution in [-0.2, 0) is 13.6 Å². The van der Waals surface area contributed by atoms with Crippen LogP contribution in [0.2, 0.25) is 39.3 Å². The summed E-state index contributed by atoms with van der Waals surface area (Å²) in [6.07, 6.45) is 10.8. The zero-order valence-electron chi connectivity index (χ0n) is 20.6. The third-order valence-corrected chi connectivity index (χ3v) is 10.8. The van der Waals surface area contributed by atoms with Crippen molar-refractivity contribution in [1.29, 1.82) is 0 Å². The van der Waals surface area contributed by atoms with E-state index in [4.69, 9.17) is 8.85 Å². The predicted octanol–water partition coefficient (Wildman–Crippen LogP) is 6.57. The topological polar surface area (TPSA) is 35.5 Å². The van der Waals surface area contributed by atoms with Gasteiger partial charge in [0.25, 0.3) is 0 Å². The summed E-state index contributed by atoms with van der Waals surface area (Å²) in [5.74, 6) is 2.28. The smallest absolute Gasteiger partial charge is 0.184 e. The molecule has 0 spiro atoms. The number of allylic oxidation sites excluding steroid dienone is 1. The van der Waals surface area contributed by atoms with Gasteiger partial charge in [0.15, 0.2) is 22.4 Å². The summed E-state index contributed by atoms with van der Waals surface area (Å²) in [4.78, 5) is 13.4. The SMILES string of the molecule is C[C@]12CC[C@H](O[Si](C)(C)C)CC1=CC[C@@H]1[C@@H]2CC[C@]2(C)C(=O)[C@H](O[Si](C)(C)C)C[C@@H]12. The number of hydrogen-bond donors (Lipinski definition) is 0. The number of fused-ring (bicyclic) bond motifs is 5. The molecule has 0 unspecified atom stereocenters. The lowest BCUT2D eigenvalue weighted by Gasteiger charge is -2.57. The van der Waals surface area contributed by atoms with Crippen molar-refractivity contribution in [2.75, 3.05) is 0 Å². The molecule has 0 aromatic rings. The van der Waals surface area contributed by atoms with E-state index in [2.05, 4.69) is 59.2 Å². The average molecular weight is 449 g/mol. The first kappa shape index (κ1) is 22.9. The fraction of sp³-hybridized carbons (Fsp3) is 0.880. The lowest BCUT2D eigenvalue weighted by Crippen LogP contribution is -2.51. The van der Waals surface area contributed by atoms with Crippen LogP contribution in [0.4, 0.5) is 0 Å². The second-order valence-electron chi connectivity index (χ2n) is 13.1. The molecular weight excluding hydrogens is 404 g/mol. The van der Waals surface area contributed by atoms with Crippen molar-refractivity contribution in [3.8, 4) is 0 Å². The molecular formula is C25H44O3Si2. The van der Waals surface area contributed by atoms with Gasteiger partial charge in [-0.2, -0.15) is 0 Å². The van der Waals surface area contributed by atoms with Gasteiger partial charge in [-0.3, -0.25) is 4.79 Å². The van der Waals surface area contributed by atoms with Gasteiger partial charge in [-0.25, -0.2) is 0 Å². The molecule has 170 valence electrons. The largest absolute Gasteiger partial charge is 0.414 e. The third-order valence-electron chi connectivity index (χ3n) is 8.79. The Labute approximate surface area is 186 Å². The molecule has 4 aliphatic rings. The summed E-state index contributed by atoms with van der Waals surface area (Å²) in [5.41, 5.74) is 1.82. The maximum absolute atomic E-state index is 13.4. The van der Waals surface area contributed by atoms with E-state index >= 15 is 0 Å². The molecule has 4 rings (SSSR count). The van der Waals surface area contributed by atoms with E-state index in [1.165, 1.54) is 19.3 Å². The summed E-state index contributed by atoms with van der Waals surface area (Å²) in [7, 11) is -3.22. The van der Waals surface area contributed by atoms with Crippen LogP contribution in [0.15, 0.2) is 11.6 Å². The Morgan fingerprint density at radius 1 is 0.900 bits per heavy atom. The number of carbonyl (C=O) groups is 1. The normalized spacial score (nSPS) is 44.2.